The minimum atomic E-state index is -1.87. The average molecular weight is 279 g/mol. The van der Waals surface area contributed by atoms with Crippen molar-refractivity contribution in [2.75, 3.05) is 0 Å². The fourth-order valence-electron chi connectivity index (χ4n) is 1.68. The molecule has 0 radical (unpaired) electrons. The van der Waals surface area contributed by atoms with Crippen molar-refractivity contribution in [2.45, 2.75) is 64.1 Å². The first-order chi connectivity index (χ1) is 8.58. The number of hydrogen-bond donors (Lipinski definition) is 0. The van der Waals surface area contributed by atoms with E-state index in [1.54, 1.807) is 6.08 Å². The fraction of sp³-hybridized carbons (Fsp3) is 0.667. The summed E-state index contributed by atoms with van der Waals surface area (Å²) in [5.74, 6) is 0. The minimum absolute atomic E-state index is 0.136. The molecule has 0 spiro atoms. The summed E-state index contributed by atoms with van der Waals surface area (Å²) in [5, 5.41) is 9.10. The second-order valence-corrected chi connectivity index (χ2v) is 11.4. The summed E-state index contributed by atoms with van der Waals surface area (Å²) in [7, 11) is -1.87. The van der Waals surface area contributed by atoms with Crippen molar-refractivity contribution < 1.29 is 9.16 Å². The van der Waals surface area contributed by atoms with E-state index in [1.807, 2.05) is 13.0 Å². The molecule has 0 N–H and O–H groups in total. The highest BCUT2D eigenvalue weighted by Crippen LogP contribution is 2.38. The van der Waals surface area contributed by atoms with Crippen molar-refractivity contribution in [1.82, 2.24) is 0 Å². The van der Waals surface area contributed by atoms with Gasteiger partial charge in [-0.3, -0.25) is 0 Å². The third-order valence-electron chi connectivity index (χ3n) is 3.92. The SMILES string of the molecule is C=C(C)[C@H]1O[C@H](C#N)C=CC1O[Si](C)(C)C(C)(C)C. The molecule has 0 fully saturated rings. The lowest BCUT2D eigenvalue weighted by Gasteiger charge is -2.42. The Morgan fingerprint density at radius 2 is 1.95 bits per heavy atom. The van der Waals surface area contributed by atoms with Crippen LogP contribution in [0.4, 0.5) is 0 Å². The Kier molecular flexibility index (Phi) is 4.78. The lowest BCUT2D eigenvalue weighted by molar-refractivity contribution is -0.0113. The molecule has 0 aromatic rings. The minimum Gasteiger partial charge on any atom is -0.408 e. The smallest absolute Gasteiger partial charge is 0.193 e. The summed E-state index contributed by atoms with van der Waals surface area (Å²) in [6.45, 7) is 16.9. The van der Waals surface area contributed by atoms with E-state index in [1.165, 1.54) is 0 Å². The number of hydrogen-bond acceptors (Lipinski definition) is 3. The molecule has 1 aliphatic rings. The van der Waals surface area contributed by atoms with Crippen LogP contribution in [0.5, 0.6) is 0 Å². The van der Waals surface area contributed by atoms with Gasteiger partial charge in [-0.1, -0.05) is 33.4 Å². The van der Waals surface area contributed by atoms with E-state index in [9.17, 15) is 0 Å². The van der Waals surface area contributed by atoms with Crippen molar-refractivity contribution in [3.63, 3.8) is 0 Å². The fourth-order valence-corrected chi connectivity index (χ4v) is 2.92. The van der Waals surface area contributed by atoms with Gasteiger partial charge in [-0.25, -0.2) is 0 Å². The molecular weight excluding hydrogens is 254 g/mol. The standard InChI is InChI=1S/C15H25NO2Si/c1-11(2)14-13(9-8-12(10-16)17-14)18-19(6,7)15(3,4)5/h8-9,12-14H,1H2,2-7H3/t12-,13?,14+/m0/s1. The number of nitrogens with zero attached hydrogens (tertiary/aromatic N) is 1. The van der Waals surface area contributed by atoms with Crippen LogP contribution in [0.15, 0.2) is 24.3 Å². The second-order valence-electron chi connectivity index (χ2n) is 6.68. The molecule has 0 saturated heterocycles. The molecule has 1 heterocycles. The molecule has 3 nitrogen and oxygen atoms in total. The Labute approximate surface area is 118 Å². The molecule has 1 aliphatic heterocycles. The van der Waals surface area contributed by atoms with Gasteiger partial charge < -0.3 is 9.16 Å². The van der Waals surface area contributed by atoms with Gasteiger partial charge in [0.15, 0.2) is 14.4 Å². The number of rotatable bonds is 3. The molecule has 0 aromatic heterocycles. The second kappa shape index (κ2) is 5.62. The monoisotopic (exact) mass is 279 g/mol. The van der Waals surface area contributed by atoms with Gasteiger partial charge in [0.2, 0.25) is 0 Å². The Morgan fingerprint density at radius 3 is 2.37 bits per heavy atom. The predicted octanol–water partition coefficient (Wildman–Crippen LogP) is 3.80. The largest absolute Gasteiger partial charge is 0.408 e. The van der Waals surface area contributed by atoms with E-state index < -0.39 is 14.4 Å². The summed E-state index contributed by atoms with van der Waals surface area (Å²) in [6.07, 6.45) is 2.86. The van der Waals surface area contributed by atoms with Gasteiger partial charge >= 0.3 is 0 Å². The zero-order valence-electron chi connectivity index (χ0n) is 12.9. The lowest BCUT2D eigenvalue weighted by atomic mass is 10.0. The van der Waals surface area contributed by atoms with Crippen LogP contribution in [-0.2, 0) is 9.16 Å². The zero-order chi connectivity index (χ0) is 14.8. The first-order valence-electron chi connectivity index (χ1n) is 6.65. The molecule has 0 amide bonds. The molecular formula is C15H25NO2Si. The number of ether oxygens (including phenoxy) is 1. The molecule has 106 valence electrons. The van der Waals surface area contributed by atoms with Crippen LogP contribution in [0, 0.1) is 11.3 Å². The van der Waals surface area contributed by atoms with Crippen molar-refractivity contribution in [1.29, 1.82) is 5.26 Å². The van der Waals surface area contributed by atoms with Crippen LogP contribution >= 0.6 is 0 Å². The highest BCUT2D eigenvalue weighted by molar-refractivity contribution is 6.74. The maximum absolute atomic E-state index is 8.95. The quantitative estimate of drug-likeness (QED) is 0.583. The van der Waals surface area contributed by atoms with Crippen LogP contribution in [0.2, 0.25) is 18.1 Å². The Morgan fingerprint density at radius 1 is 1.37 bits per heavy atom. The molecule has 1 rings (SSSR count). The van der Waals surface area contributed by atoms with E-state index in [-0.39, 0.29) is 17.2 Å². The van der Waals surface area contributed by atoms with Gasteiger partial charge in [-0.2, -0.15) is 5.26 Å². The van der Waals surface area contributed by atoms with Gasteiger partial charge in [-0.15, -0.1) is 0 Å². The molecule has 0 aliphatic carbocycles. The first-order valence-corrected chi connectivity index (χ1v) is 9.56. The topological polar surface area (TPSA) is 42.2 Å². The maximum Gasteiger partial charge on any atom is 0.193 e. The van der Waals surface area contributed by atoms with E-state index in [4.69, 9.17) is 14.4 Å². The highest BCUT2D eigenvalue weighted by Gasteiger charge is 2.41. The van der Waals surface area contributed by atoms with Gasteiger partial charge in [0.1, 0.15) is 6.10 Å². The van der Waals surface area contributed by atoms with Crippen molar-refractivity contribution in [3.8, 4) is 6.07 Å². The third-order valence-corrected chi connectivity index (χ3v) is 8.39. The molecule has 1 unspecified atom stereocenters. The van der Waals surface area contributed by atoms with Gasteiger partial charge in [0.05, 0.1) is 12.2 Å². The number of nitriles is 1. The van der Waals surface area contributed by atoms with Crippen molar-refractivity contribution in [2.24, 2.45) is 0 Å². The average Bonchev–Trinajstić information content (AvgIpc) is 2.27. The van der Waals surface area contributed by atoms with Gasteiger partial charge in [-0.05, 0) is 36.7 Å². The van der Waals surface area contributed by atoms with Crippen LogP contribution in [-0.4, -0.2) is 26.6 Å². The molecule has 0 saturated carbocycles. The predicted molar refractivity (Wildman–Crippen MR) is 80.3 cm³/mol. The third kappa shape index (κ3) is 3.79. The highest BCUT2D eigenvalue weighted by atomic mass is 28.4. The normalized spacial score (nSPS) is 27.9. The maximum atomic E-state index is 8.95. The van der Waals surface area contributed by atoms with Crippen LogP contribution < -0.4 is 0 Å². The summed E-state index contributed by atoms with van der Waals surface area (Å²) >= 11 is 0. The van der Waals surface area contributed by atoms with E-state index in [2.05, 4.69) is 46.5 Å². The Bertz CT molecular complexity index is 415. The van der Waals surface area contributed by atoms with Gasteiger partial charge in [0.25, 0.3) is 0 Å². The molecule has 19 heavy (non-hydrogen) atoms. The Balaban J connectivity index is 2.93. The summed E-state index contributed by atoms with van der Waals surface area (Å²) < 4.78 is 12.1. The van der Waals surface area contributed by atoms with E-state index >= 15 is 0 Å². The first kappa shape index (κ1) is 16.2. The molecule has 4 heteroatoms. The van der Waals surface area contributed by atoms with E-state index in [0.717, 1.165) is 5.57 Å². The van der Waals surface area contributed by atoms with Crippen LogP contribution in [0.25, 0.3) is 0 Å². The summed E-state index contributed by atoms with van der Waals surface area (Å²) in [5.41, 5.74) is 0.897. The van der Waals surface area contributed by atoms with Crippen molar-refractivity contribution >= 4 is 8.32 Å². The van der Waals surface area contributed by atoms with E-state index in [0.29, 0.717) is 0 Å². The molecule has 3 atom stereocenters. The molecule has 0 aromatic carbocycles. The van der Waals surface area contributed by atoms with Gasteiger partial charge in [0, 0.05) is 0 Å². The summed E-state index contributed by atoms with van der Waals surface area (Å²) in [4.78, 5) is 0. The van der Waals surface area contributed by atoms with Crippen LogP contribution in [0.3, 0.4) is 0 Å². The molecule has 0 bridgehead atoms. The Hall–Kier alpha value is -0.893. The van der Waals surface area contributed by atoms with Crippen LogP contribution in [0.1, 0.15) is 27.7 Å². The van der Waals surface area contributed by atoms with Crippen molar-refractivity contribution in [3.05, 3.63) is 24.3 Å². The summed E-state index contributed by atoms with van der Waals surface area (Å²) in [6, 6.07) is 2.11. The lowest BCUT2D eigenvalue weighted by Crippen LogP contribution is -2.48. The zero-order valence-corrected chi connectivity index (χ0v) is 13.9.